The molecule has 0 radical (unpaired) electrons. The molecular weight excluding hydrogens is 352 g/mol. The molecule has 146 valence electrons. The topological polar surface area (TPSA) is 92.4 Å². The van der Waals surface area contributed by atoms with E-state index in [1.807, 2.05) is 6.07 Å². The van der Waals surface area contributed by atoms with Gasteiger partial charge in [0.1, 0.15) is 11.6 Å². The Balaban J connectivity index is 1.26. The van der Waals surface area contributed by atoms with E-state index in [0.29, 0.717) is 5.92 Å². The Morgan fingerprint density at radius 3 is 2.77 bits per heavy atom. The lowest BCUT2D eigenvalue weighted by atomic mass is 9.84. The summed E-state index contributed by atoms with van der Waals surface area (Å²) in [5.74, 6) is 2.60. The monoisotopic (exact) mass is 382 g/mol. The Morgan fingerprint density at radius 2 is 2.00 bits per heavy atom. The molecule has 0 spiro atoms. The number of anilines is 1. The molecular formula is C18H30N4O3S. The maximum Gasteiger partial charge on any atom is 0.208 e. The number of sulfonamides is 1. The van der Waals surface area contributed by atoms with Crippen LogP contribution in [-0.4, -0.2) is 51.9 Å². The first-order valence-electron chi connectivity index (χ1n) is 9.54. The molecule has 8 heteroatoms. The summed E-state index contributed by atoms with van der Waals surface area (Å²) in [6.07, 6.45) is 9.21. The van der Waals surface area contributed by atoms with E-state index < -0.39 is 10.0 Å². The molecule has 1 saturated carbocycles. The SMILES string of the molecule is CS(=O)(=O)NC1CCC(CCNCCNc2nccc3c2CCO3)CC1. The molecule has 0 saturated heterocycles. The Kier molecular flexibility index (Phi) is 6.72. The van der Waals surface area contributed by atoms with Gasteiger partial charge in [-0.2, -0.15) is 0 Å². The van der Waals surface area contributed by atoms with E-state index >= 15 is 0 Å². The molecule has 0 amide bonds. The van der Waals surface area contributed by atoms with Crippen molar-refractivity contribution in [1.29, 1.82) is 0 Å². The summed E-state index contributed by atoms with van der Waals surface area (Å²) in [5, 5.41) is 6.88. The molecule has 1 aliphatic heterocycles. The van der Waals surface area contributed by atoms with Gasteiger partial charge in [0.05, 0.1) is 12.9 Å². The van der Waals surface area contributed by atoms with Gasteiger partial charge >= 0.3 is 0 Å². The Hall–Kier alpha value is -1.38. The number of aromatic nitrogens is 1. The summed E-state index contributed by atoms with van der Waals surface area (Å²) in [6.45, 7) is 3.49. The van der Waals surface area contributed by atoms with Crippen LogP contribution in [-0.2, 0) is 16.4 Å². The van der Waals surface area contributed by atoms with Crippen LogP contribution in [0.4, 0.5) is 5.82 Å². The van der Waals surface area contributed by atoms with Crippen LogP contribution >= 0.6 is 0 Å². The van der Waals surface area contributed by atoms with Crippen molar-refractivity contribution in [1.82, 2.24) is 15.0 Å². The van der Waals surface area contributed by atoms with Gasteiger partial charge in [-0.1, -0.05) is 0 Å². The molecule has 0 aromatic carbocycles. The number of fused-ring (bicyclic) bond motifs is 1. The quantitative estimate of drug-likeness (QED) is 0.561. The average Bonchev–Trinajstić information content (AvgIpc) is 3.07. The molecule has 1 aromatic heterocycles. The van der Waals surface area contributed by atoms with E-state index in [2.05, 4.69) is 20.3 Å². The Labute approximate surface area is 156 Å². The van der Waals surface area contributed by atoms with E-state index in [1.165, 1.54) is 11.8 Å². The highest BCUT2D eigenvalue weighted by molar-refractivity contribution is 7.88. The largest absolute Gasteiger partial charge is 0.493 e. The predicted molar refractivity (Wildman–Crippen MR) is 103 cm³/mol. The lowest BCUT2D eigenvalue weighted by Crippen LogP contribution is -2.37. The minimum absolute atomic E-state index is 0.127. The van der Waals surface area contributed by atoms with Gasteiger partial charge in [-0.3, -0.25) is 0 Å². The number of nitrogens with one attached hydrogen (secondary N) is 3. The number of ether oxygens (including phenoxy) is 1. The van der Waals surface area contributed by atoms with E-state index in [0.717, 1.165) is 76.3 Å². The molecule has 3 N–H and O–H groups in total. The van der Waals surface area contributed by atoms with Crippen LogP contribution < -0.4 is 20.1 Å². The zero-order chi connectivity index (χ0) is 18.4. The third-order valence-electron chi connectivity index (χ3n) is 5.17. The number of nitrogens with zero attached hydrogens (tertiary/aromatic N) is 1. The van der Waals surface area contributed by atoms with Crippen LogP contribution in [0.15, 0.2) is 12.3 Å². The second kappa shape index (κ2) is 9.01. The predicted octanol–water partition coefficient (Wildman–Crippen LogP) is 1.52. The molecule has 1 aliphatic carbocycles. The zero-order valence-corrected chi connectivity index (χ0v) is 16.3. The first-order valence-corrected chi connectivity index (χ1v) is 11.4. The van der Waals surface area contributed by atoms with Crippen LogP contribution in [0, 0.1) is 5.92 Å². The van der Waals surface area contributed by atoms with Crippen molar-refractivity contribution in [2.75, 3.05) is 37.8 Å². The molecule has 1 aromatic rings. The molecule has 0 bridgehead atoms. The van der Waals surface area contributed by atoms with Gasteiger partial charge in [0, 0.05) is 37.3 Å². The highest BCUT2D eigenvalue weighted by Crippen LogP contribution is 2.29. The summed E-state index contributed by atoms with van der Waals surface area (Å²) < 4.78 is 30.8. The third kappa shape index (κ3) is 5.82. The summed E-state index contributed by atoms with van der Waals surface area (Å²) in [6, 6.07) is 2.05. The summed E-state index contributed by atoms with van der Waals surface area (Å²) in [5.41, 5.74) is 1.19. The van der Waals surface area contributed by atoms with E-state index in [-0.39, 0.29) is 6.04 Å². The molecule has 0 unspecified atom stereocenters. The molecule has 7 nitrogen and oxygen atoms in total. The summed E-state index contributed by atoms with van der Waals surface area (Å²) >= 11 is 0. The van der Waals surface area contributed by atoms with Crippen LogP contribution in [0.2, 0.25) is 0 Å². The van der Waals surface area contributed by atoms with Gasteiger partial charge < -0.3 is 15.4 Å². The number of pyridine rings is 1. The minimum atomic E-state index is -3.08. The highest BCUT2D eigenvalue weighted by atomic mass is 32.2. The first kappa shape index (κ1) is 19.4. The fraction of sp³-hybridized carbons (Fsp3) is 0.722. The fourth-order valence-electron chi connectivity index (χ4n) is 3.84. The molecule has 1 fully saturated rings. The van der Waals surface area contributed by atoms with Crippen molar-refractivity contribution < 1.29 is 13.2 Å². The van der Waals surface area contributed by atoms with Gasteiger partial charge in [0.15, 0.2) is 0 Å². The maximum absolute atomic E-state index is 11.3. The van der Waals surface area contributed by atoms with Crippen molar-refractivity contribution in [3.05, 3.63) is 17.8 Å². The standard InChI is InChI=1S/C18H30N4O3S/c1-26(23,24)22-15-4-2-14(3-5-15)6-9-19-11-12-21-18-16-8-13-25-17(16)7-10-20-18/h7,10,14-15,19,22H,2-6,8-9,11-13H2,1H3,(H,20,21). The van der Waals surface area contributed by atoms with E-state index in [9.17, 15) is 8.42 Å². The summed E-state index contributed by atoms with van der Waals surface area (Å²) in [7, 11) is -3.08. The van der Waals surface area contributed by atoms with Crippen LogP contribution in [0.25, 0.3) is 0 Å². The van der Waals surface area contributed by atoms with E-state index in [4.69, 9.17) is 4.74 Å². The number of hydrogen-bond donors (Lipinski definition) is 3. The van der Waals surface area contributed by atoms with Crippen molar-refractivity contribution in [2.24, 2.45) is 5.92 Å². The lowest BCUT2D eigenvalue weighted by Gasteiger charge is -2.28. The maximum atomic E-state index is 11.3. The van der Waals surface area contributed by atoms with Gasteiger partial charge in [0.2, 0.25) is 10.0 Å². The van der Waals surface area contributed by atoms with E-state index in [1.54, 1.807) is 6.20 Å². The van der Waals surface area contributed by atoms with Crippen molar-refractivity contribution >= 4 is 15.8 Å². The van der Waals surface area contributed by atoms with Gasteiger partial charge in [0.25, 0.3) is 0 Å². The van der Waals surface area contributed by atoms with Crippen LogP contribution in [0.5, 0.6) is 5.75 Å². The molecule has 26 heavy (non-hydrogen) atoms. The van der Waals surface area contributed by atoms with Crippen molar-refractivity contribution in [2.45, 2.75) is 44.6 Å². The minimum Gasteiger partial charge on any atom is -0.493 e. The van der Waals surface area contributed by atoms with Crippen LogP contribution in [0.1, 0.15) is 37.7 Å². The zero-order valence-electron chi connectivity index (χ0n) is 15.5. The van der Waals surface area contributed by atoms with Crippen molar-refractivity contribution in [3.8, 4) is 5.75 Å². The molecule has 0 atom stereocenters. The highest BCUT2D eigenvalue weighted by Gasteiger charge is 2.22. The third-order valence-corrected chi connectivity index (χ3v) is 5.94. The van der Waals surface area contributed by atoms with Crippen molar-refractivity contribution in [3.63, 3.8) is 0 Å². The van der Waals surface area contributed by atoms with Crippen LogP contribution in [0.3, 0.4) is 0 Å². The smallest absolute Gasteiger partial charge is 0.208 e. The molecule has 3 rings (SSSR count). The summed E-state index contributed by atoms with van der Waals surface area (Å²) in [4.78, 5) is 4.41. The molecule has 2 heterocycles. The van der Waals surface area contributed by atoms with Gasteiger partial charge in [-0.15, -0.1) is 0 Å². The fourth-order valence-corrected chi connectivity index (χ4v) is 4.68. The normalized spacial score (nSPS) is 22.7. The lowest BCUT2D eigenvalue weighted by molar-refractivity contribution is 0.296. The second-order valence-corrected chi connectivity index (χ2v) is 9.09. The number of rotatable bonds is 9. The Morgan fingerprint density at radius 1 is 1.19 bits per heavy atom. The first-order chi connectivity index (χ1) is 12.5. The molecule has 2 aliphatic rings. The second-order valence-electron chi connectivity index (χ2n) is 7.31. The van der Waals surface area contributed by atoms with Gasteiger partial charge in [-0.05, 0) is 50.6 Å². The van der Waals surface area contributed by atoms with Gasteiger partial charge in [-0.25, -0.2) is 18.1 Å². The number of hydrogen-bond acceptors (Lipinski definition) is 6. The Bertz CT molecular complexity index is 688. The average molecular weight is 383 g/mol.